The highest BCUT2D eigenvalue weighted by Crippen LogP contribution is 2.71. The Balaban J connectivity index is 3.37. The average Bonchev–Trinajstić information content (AvgIpc) is 3.33. The SMILES string of the molecule is CCOP(=O)(OCC)C(Cc1cn(CCC(F)(F)C(F)(F)C(F)(F)C(F)(F)C(F)(F)C(F)(F)F)nn1)P(=O)(OCC)OCC. The highest BCUT2D eigenvalue weighted by Gasteiger charge is 2.90. The second kappa shape index (κ2) is 14.1. The number of aromatic nitrogens is 3. The molecule has 0 unspecified atom stereocenters. The van der Waals surface area contributed by atoms with Crippen molar-refractivity contribution in [3.05, 3.63) is 11.9 Å². The van der Waals surface area contributed by atoms with Crippen LogP contribution < -0.4 is 0 Å². The Kier molecular flexibility index (Phi) is 13.0. The van der Waals surface area contributed by atoms with Gasteiger partial charge in [0.1, 0.15) is 0 Å². The third-order valence-corrected chi connectivity index (χ3v) is 11.6. The number of hydrogen-bond donors (Lipinski definition) is 0. The van der Waals surface area contributed by atoms with Gasteiger partial charge in [-0.3, -0.25) is 13.8 Å². The van der Waals surface area contributed by atoms with Crippen molar-refractivity contribution < 1.29 is 84.3 Å². The van der Waals surface area contributed by atoms with Crippen LogP contribution in [0.3, 0.4) is 0 Å². The van der Waals surface area contributed by atoms with E-state index in [2.05, 4.69) is 10.3 Å². The molecule has 24 heteroatoms. The third kappa shape index (κ3) is 7.73. The minimum atomic E-state index is -8.01. The van der Waals surface area contributed by atoms with Crippen molar-refractivity contribution in [1.29, 1.82) is 0 Å². The normalized spacial score (nSPS) is 15.0. The molecule has 1 heterocycles. The summed E-state index contributed by atoms with van der Waals surface area (Å²) in [5.41, 5.74) is -0.397. The lowest BCUT2D eigenvalue weighted by Gasteiger charge is -2.39. The Labute approximate surface area is 241 Å². The van der Waals surface area contributed by atoms with Crippen molar-refractivity contribution in [3.63, 3.8) is 0 Å². The fraction of sp³-hybridized carbons (Fsp3) is 0.900. The first-order chi connectivity index (χ1) is 19.8. The Bertz CT molecular complexity index is 1130. The van der Waals surface area contributed by atoms with Gasteiger partial charge in [-0.05, 0) is 27.7 Å². The van der Waals surface area contributed by atoms with E-state index < -0.39 is 81.5 Å². The Hall–Kier alpha value is -1.47. The summed E-state index contributed by atoms with van der Waals surface area (Å²) in [4.78, 5) is 0. The molecule has 0 aliphatic heterocycles. The van der Waals surface area contributed by atoms with E-state index in [0.29, 0.717) is 6.20 Å². The second-order valence-corrected chi connectivity index (χ2v) is 13.5. The fourth-order valence-electron chi connectivity index (χ4n) is 3.48. The first-order valence-corrected chi connectivity index (χ1v) is 15.6. The number of alkyl halides is 13. The van der Waals surface area contributed by atoms with Gasteiger partial charge in [-0.15, -0.1) is 5.10 Å². The van der Waals surface area contributed by atoms with Crippen LogP contribution in [0.1, 0.15) is 39.8 Å². The molecular formula is C20H28F13N3O6P2. The molecule has 1 rings (SSSR count). The summed E-state index contributed by atoms with van der Waals surface area (Å²) >= 11 is 0. The minimum Gasteiger partial charge on any atom is -0.308 e. The Morgan fingerprint density at radius 2 is 1.07 bits per heavy atom. The zero-order valence-corrected chi connectivity index (χ0v) is 25.0. The molecule has 0 fully saturated rings. The highest BCUT2D eigenvalue weighted by atomic mass is 31.2. The van der Waals surface area contributed by atoms with Crippen molar-refractivity contribution in [2.45, 2.75) is 88.3 Å². The van der Waals surface area contributed by atoms with E-state index in [1.165, 1.54) is 27.7 Å². The highest BCUT2D eigenvalue weighted by molar-refractivity contribution is 7.72. The summed E-state index contributed by atoms with van der Waals surface area (Å²) in [6.07, 6.45) is -10.1. The van der Waals surface area contributed by atoms with Gasteiger partial charge in [-0.2, -0.15) is 57.1 Å². The number of nitrogens with zero attached hydrogens (tertiary/aromatic N) is 3. The van der Waals surface area contributed by atoms with Gasteiger partial charge in [-0.25, -0.2) is 0 Å². The lowest BCUT2D eigenvalue weighted by molar-refractivity contribution is -0.440. The molecule has 0 saturated carbocycles. The van der Waals surface area contributed by atoms with Crippen molar-refractivity contribution in [3.8, 4) is 0 Å². The van der Waals surface area contributed by atoms with Gasteiger partial charge >= 0.3 is 51.0 Å². The summed E-state index contributed by atoms with van der Waals surface area (Å²) in [5, 5.41) is 4.91. The van der Waals surface area contributed by atoms with Crippen molar-refractivity contribution in [1.82, 2.24) is 15.0 Å². The van der Waals surface area contributed by atoms with Gasteiger partial charge in [0, 0.05) is 25.6 Å². The molecule has 0 atom stereocenters. The average molecular weight is 715 g/mol. The Morgan fingerprint density at radius 3 is 1.43 bits per heavy atom. The van der Waals surface area contributed by atoms with Crippen LogP contribution in [0, 0.1) is 0 Å². The molecule has 0 N–H and O–H groups in total. The monoisotopic (exact) mass is 715 g/mol. The number of rotatable bonds is 19. The minimum absolute atomic E-state index is 0.246. The van der Waals surface area contributed by atoms with Gasteiger partial charge in [0.25, 0.3) is 0 Å². The van der Waals surface area contributed by atoms with Gasteiger partial charge in [-0.1, -0.05) is 5.21 Å². The van der Waals surface area contributed by atoms with Crippen LogP contribution in [-0.4, -0.2) is 82.6 Å². The quantitative estimate of drug-likeness (QED) is 0.106. The van der Waals surface area contributed by atoms with E-state index >= 15 is 0 Å². The van der Waals surface area contributed by atoms with Crippen LogP contribution in [0.4, 0.5) is 57.1 Å². The molecule has 1 aromatic rings. The zero-order chi connectivity index (χ0) is 34.6. The molecule has 9 nitrogen and oxygen atoms in total. The van der Waals surface area contributed by atoms with E-state index in [1.54, 1.807) is 0 Å². The number of halogens is 13. The molecule has 0 saturated heterocycles. The van der Waals surface area contributed by atoms with E-state index in [0.717, 1.165) is 0 Å². The van der Waals surface area contributed by atoms with Crippen molar-refractivity contribution in [2.75, 3.05) is 26.4 Å². The van der Waals surface area contributed by atoms with Crippen LogP contribution in [0.15, 0.2) is 6.20 Å². The number of hydrogen-bond acceptors (Lipinski definition) is 8. The van der Waals surface area contributed by atoms with Gasteiger partial charge < -0.3 is 18.1 Å². The van der Waals surface area contributed by atoms with E-state index in [4.69, 9.17) is 18.1 Å². The third-order valence-electron chi connectivity index (χ3n) is 5.60. The standard InChI is InChI=1S/C20H28F13N3O6P2/c1-5-39-43(37,40-6-2)14(44(38,41-7-3)42-8-4)11-13-12-36(35-34-13)10-9-15(21,22)16(23,24)17(25,26)18(27,28)19(29,30)20(31,32)33/h12,14H,5-11H2,1-4H3. The maximum atomic E-state index is 14.2. The van der Waals surface area contributed by atoms with Gasteiger partial charge in [0.05, 0.1) is 32.1 Å². The molecule has 1 aromatic heterocycles. The smallest absolute Gasteiger partial charge is 0.308 e. The topological polar surface area (TPSA) is 102 Å². The lowest BCUT2D eigenvalue weighted by Crippen LogP contribution is -2.70. The van der Waals surface area contributed by atoms with Crippen LogP contribution >= 0.6 is 15.2 Å². The van der Waals surface area contributed by atoms with Crippen LogP contribution in [0.2, 0.25) is 0 Å². The van der Waals surface area contributed by atoms with Crippen LogP contribution in [-0.2, 0) is 40.2 Å². The largest absolute Gasteiger partial charge is 0.460 e. The first kappa shape index (κ1) is 40.6. The van der Waals surface area contributed by atoms with Crippen LogP contribution in [0.25, 0.3) is 0 Å². The van der Waals surface area contributed by atoms with Gasteiger partial charge in [0.15, 0.2) is 5.40 Å². The molecule has 0 aliphatic rings. The predicted molar refractivity (Wildman–Crippen MR) is 125 cm³/mol. The Morgan fingerprint density at radius 1 is 0.682 bits per heavy atom. The molecule has 260 valence electrons. The van der Waals surface area contributed by atoms with E-state index in [1.807, 2.05) is 0 Å². The van der Waals surface area contributed by atoms with Crippen molar-refractivity contribution in [2.24, 2.45) is 0 Å². The molecule has 0 bridgehead atoms. The maximum absolute atomic E-state index is 14.2. The van der Waals surface area contributed by atoms with E-state index in [-0.39, 0.29) is 31.1 Å². The molecule has 0 radical (unpaired) electrons. The molecule has 0 aromatic carbocycles. The predicted octanol–water partition coefficient (Wildman–Crippen LogP) is 7.81. The molecule has 0 spiro atoms. The van der Waals surface area contributed by atoms with Gasteiger partial charge in [0.2, 0.25) is 0 Å². The molecule has 0 aliphatic carbocycles. The summed E-state index contributed by atoms with van der Waals surface area (Å²) in [6, 6.07) is 0. The zero-order valence-electron chi connectivity index (χ0n) is 23.2. The second-order valence-electron chi connectivity index (χ2n) is 8.66. The molecule has 0 amide bonds. The van der Waals surface area contributed by atoms with Crippen molar-refractivity contribution >= 4 is 15.2 Å². The fourth-order valence-corrected chi connectivity index (χ4v) is 8.76. The summed E-state index contributed by atoms with van der Waals surface area (Å²) in [5.74, 6) is -37.5. The van der Waals surface area contributed by atoms with E-state index in [9.17, 15) is 66.2 Å². The molecule has 44 heavy (non-hydrogen) atoms. The lowest BCUT2D eigenvalue weighted by atomic mass is 9.92. The summed E-state index contributed by atoms with van der Waals surface area (Å²) < 4.78 is 222. The maximum Gasteiger partial charge on any atom is 0.460 e. The first-order valence-electron chi connectivity index (χ1n) is 12.4. The van der Waals surface area contributed by atoms with Crippen LogP contribution in [0.5, 0.6) is 0 Å². The number of aryl methyl sites for hydroxylation is 1. The molecular weight excluding hydrogens is 687 g/mol. The summed E-state index contributed by atoms with van der Waals surface area (Å²) in [6.45, 7) is 3.01. The summed E-state index contributed by atoms with van der Waals surface area (Å²) in [7, 11) is -8.79.